The van der Waals surface area contributed by atoms with E-state index in [9.17, 15) is 9.59 Å². The lowest BCUT2D eigenvalue weighted by molar-refractivity contribution is -0.117. The van der Waals surface area contributed by atoms with Crippen LogP contribution in [0.1, 0.15) is 30.4 Å². The molecule has 1 aromatic carbocycles. The minimum Gasteiger partial charge on any atom is -0.491 e. The lowest BCUT2D eigenvalue weighted by atomic mass is 10.2. The molecule has 0 aliphatic rings. The fraction of sp³-hybridized carbons (Fsp3) is 0.294. The molecule has 1 aromatic heterocycles. The van der Waals surface area contributed by atoms with Gasteiger partial charge in [-0.05, 0) is 73.1 Å². The first-order chi connectivity index (χ1) is 11.3. The predicted octanol–water partition coefficient (Wildman–Crippen LogP) is 4.05. The van der Waals surface area contributed by atoms with Gasteiger partial charge in [-0.3, -0.25) is 9.59 Å². The number of hydrogen-bond acceptors (Lipinski definition) is 4. The van der Waals surface area contributed by atoms with Gasteiger partial charge in [-0.1, -0.05) is 0 Å². The highest BCUT2D eigenvalue weighted by molar-refractivity contribution is 9.11. The molecule has 128 valence electrons. The van der Waals surface area contributed by atoms with Gasteiger partial charge in [0, 0.05) is 5.69 Å². The van der Waals surface area contributed by atoms with E-state index in [1.807, 2.05) is 13.8 Å². The second-order valence-corrected chi connectivity index (χ2v) is 7.94. The van der Waals surface area contributed by atoms with Crippen molar-refractivity contribution in [2.45, 2.75) is 32.9 Å². The molecular formula is C17H19BrN2O3S. The van der Waals surface area contributed by atoms with Gasteiger partial charge in [0.25, 0.3) is 5.91 Å². The van der Waals surface area contributed by atoms with E-state index in [0.29, 0.717) is 10.6 Å². The lowest BCUT2D eigenvalue weighted by Gasteiger charge is -2.14. The molecule has 2 N–H and O–H groups in total. The Bertz CT molecular complexity index is 713. The van der Waals surface area contributed by atoms with Crippen molar-refractivity contribution in [3.05, 3.63) is 45.1 Å². The van der Waals surface area contributed by atoms with E-state index < -0.39 is 6.04 Å². The summed E-state index contributed by atoms with van der Waals surface area (Å²) in [7, 11) is 0. The molecule has 0 saturated heterocycles. The zero-order valence-corrected chi connectivity index (χ0v) is 16.0. The monoisotopic (exact) mass is 410 g/mol. The van der Waals surface area contributed by atoms with E-state index >= 15 is 0 Å². The molecule has 0 radical (unpaired) electrons. The first kappa shape index (κ1) is 18.5. The number of anilines is 1. The summed E-state index contributed by atoms with van der Waals surface area (Å²) in [6, 6.07) is 9.98. The lowest BCUT2D eigenvalue weighted by Crippen LogP contribution is -2.41. The summed E-state index contributed by atoms with van der Waals surface area (Å²) in [6.07, 6.45) is 0.0953. The number of amides is 2. The van der Waals surface area contributed by atoms with Crippen molar-refractivity contribution in [3.63, 3.8) is 0 Å². The third kappa shape index (κ3) is 5.35. The summed E-state index contributed by atoms with van der Waals surface area (Å²) in [5, 5.41) is 5.45. The van der Waals surface area contributed by atoms with E-state index in [1.54, 1.807) is 43.3 Å². The zero-order valence-electron chi connectivity index (χ0n) is 13.6. The summed E-state index contributed by atoms with van der Waals surface area (Å²) in [5.41, 5.74) is 0.649. The molecule has 0 saturated carbocycles. The molecule has 1 atom stereocenters. The Morgan fingerprint density at radius 2 is 1.75 bits per heavy atom. The molecule has 2 rings (SSSR count). The SMILES string of the molecule is CC(C)Oc1ccc(NC(=O)C(C)NC(=O)c2ccc(Br)s2)cc1. The van der Waals surface area contributed by atoms with Crippen molar-refractivity contribution in [3.8, 4) is 5.75 Å². The van der Waals surface area contributed by atoms with Crippen molar-refractivity contribution >= 4 is 44.8 Å². The van der Waals surface area contributed by atoms with Crippen LogP contribution in [-0.2, 0) is 4.79 Å². The van der Waals surface area contributed by atoms with Gasteiger partial charge in [0.1, 0.15) is 11.8 Å². The highest BCUT2D eigenvalue weighted by Gasteiger charge is 2.17. The van der Waals surface area contributed by atoms with Crippen molar-refractivity contribution in [2.24, 2.45) is 0 Å². The topological polar surface area (TPSA) is 67.4 Å². The van der Waals surface area contributed by atoms with Crippen molar-refractivity contribution in [2.75, 3.05) is 5.32 Å². The predicted molar refractivity (Wildman–Crippen MR) is 99.8 cm³/mol. The van der Waals surface area contributed by atoms with Gasteiger partial charge >= 0.3 is 0 Å². The Morgan fingerprint density at radius 1 is 1.08 bits per heavy atom. The maximum absolute atomic E-state index is 12.2. The number of benzene rings is 1. The number of halogens is 1. The Balaban J connectivity index is 1.90. The molecule has 5 nitrogen and oxygen atoms in total. The summed E-state index contributed by atoms with van der Waals surface area (Å²) in [4.78, 5) is 24.8. The number of hydrogen-bond donors (Lipinski definition) is 2. The van der Waals surface area contributed by atoms with E-state index in [1.165, 1.54) is 11.3 Å². The summed E-state index contributed by atoms with van der Waals surface area (Å²) in [5.74, 6) is 0.193. The normalized spacial score (nSPS) is 11.9. The molecule has 1 unspecified atom stereocenters. The van der Waals surface area contributed by atoms with Crippen LogP contribution in [0.25, 0.3) is 0 Å². The molecular weight excluding hydrogens is 392 g/mol. The fourth-order valence-electron chi connectivity index (χ4n) is 1.91. The molecule has 0 aliphatic heterocycles. The Hall–Kier alpha value is -1.86. The second kappa shape index (κ2) is 8.30. The number of ether oxygens (including phenoxy) is 1. The maximum Gasteiger partial charge on any atom is 0.262 e. The van der Waals surface area contributed by atoms with Crippen LogP contribution in [0.4, 0.5) is 5.69 Å². The number of carbonyl (C=O) groups is 2. The molecule has 1 heterocycles. The third-order valence-corrected chi connectivity index (χ3v) is 4.65. The van der Waals surface area contributed by atoms with Crippen LogP contribution in [0.3, 0.4) is 0 Å². The zero-order chi connectivity index (χ0) is 17.7. The molecule has 0 spiro atoms. The number of thiophene rings is 1. The van der Waals surface area contributed by atoms with E-state index in [2.05, 4.69) is 26.6 Å². The van der Waals surface area contributed by atoms with Gasteiger partial charge < -0.3 is 15.4 Å². The molecule has 0 aliphatic carbocycles. The highest BCUT2D eigenvalue weighted by Crippen LogP contribution is 2.22. The Kier molecular flexibility index (Phi) is 6.39. The van der Waals surface area contributed by atoms with Crippen molar-refractivity contribution in [1.29, 1.82) is 0 Å². The number of rotatable bonds is 6. The maximum atomic E-state index is 12.2. The van der Waals surface area contributed by atoms with Crippen LogP contribution in [0.5, 0.6) is 5.75 Å². The van der Waals surface area contributed by atoms with E-state index in [0.717, 1.165) is 9.54 Å². The van der Waals surface area contributed by atoms with Crippen LogP contribution >= 0.6 is 27.3 Å². The Morgan fingerprint density at radius 3 is 2.29 bits per heavy atom. The van der Waals surface area contributed by atoms with Gasteiger partial charge in [0.15, 0.2) is 0 Å². The van der Waals surface area contributed by atoms with Gasteiger partial charge in [0.05, 0.1) is 14.8 Å². The molecule has 7 heteroatoms. The van der Waals surface area contributed by atoms with E-state index in [4.69, 9.17) is 4.74 Å². The number of nitrogens with one attached hydrogen (secondary N) is 2. The van der Waals surface area contributed by atoms with Crippen molar-refractivity contribution < 1.29 is 14.3 Å². The first-order valence-electron chi connectivity index (χ1n) is 7.49. The average Bonchev–Trinajstić information content (AvgIpc) is 2.95. The molecule has 0 fully saturated rings. The second-order valence-electron chi connectivity index (χ2n) is 5.48. The standard InChI is InChI=1S/C17H19BrN2O3S/c1-10(2)23-13-6-4-12(5-7-13)20-16(21)11(3)19-17(22)14-8-9-15(18)24-14/h4-11H,1-3H3,(H,19,22)(H,20,21). The summed E-state index contributed by atoms with van der Waals surface area (Å²) < 4.78 is 6.42. The summed E-state index contributed by atoms with van der Waals surface area (Å²) in [6.45, 7) is 5.55. The average molecular weight is 411 g/mol. The smallest absolute Gasteiger partial charge is 0.262 e. The van der Waals surface area contributed by atoms with Crippen LogP contribution < -0.4 is 15.4 Å². The van der Waals surface area contributed by atoms with Gasteiger partial charge in [-0.15, -0.1) is 11.3 Å². The first-order valence-corrected chi connectivity index (χ1v) is 9.10. The molecule has 2 amide bonds. The van der Waals surface area contributed by atoms with Gasteiger partial charge in [0.2, 0.25) is 5.91 Å². The minimum atomic E-state index is -0.648. The summed E-state index contributed by atoms with van der Waals surface area (Å²) >= 11 is 4.63. The van der Waals surface area contributed by atoms with Gasteiger partial charge in [-0.2, -0.15) is 0 Å². The molecule has 24 heavy (non-hydrogen) atoms. The third-order valence-electron chi connectivity index (χ3n) is 3.03. The van der Waals surface area contributed by atoms with Crippen molar-refractivity contribution in [1.82, 2.24) is 5.32 Å². The quantitative estimate of drug-likeness (QED) is 0.754. The van der Waals surface area contributed by atoms with Crippen LogP contribution in [-0.4, -0.2) is 24.0 Å². The number of carbonyl (C=O) groups excluding carboxylic acids is 2. The highest BCUT2D eigenvalue weighted by atomic mass is 79.9. The molecule has 2 aromatic rings. The van der Waals surface area contributed by atoms with Crippen LogP contribution in [0.15, 0.2) is 40.2 Å². The fourth-order valence-corrected chi connectivity index (χ4v) is 3.20. The molecule has 0 bridgehead atoms. The Labute approximate surface area is 153 Å². The largest absolute Gasteiger partial charge is 0.491 e. The minimum absolute atomic E-state index is 0.0953. The van der Waals surface area contributed by atoms with Gasteiger partial charge in [-0.25, -0.2) is 0 Å². The van der Waals surface area contributed by atoms with E-state index in [-0.39, 0.29) is 17.9 Å². The van der Waals surface area contributed by atoms with Crippen LogP contribution in [0.2, 0.25) is 0 Å². The van der Waals surface area contributed by atoms with Crippen LogP contribution in [0, 0.1) is 0 Å².